The molecule has 0 aromatic rings. The molecule has 0 aromatic carbocycles. The molecule has 1 saturated heterocycles. The second-order valence-electron chi connectivity index (χ2n) is 12.5. The van der Waals surface area contributed by atoms with Crippen LogP contribution in [0.5, 0.6) is 0 Å². The van der Waals surface area contributed by atoms with E-state index in [2.05, 4.69) is 10.2 Å². The van der Waals surface area contributed by atoms with Gasteiger partial charge in [0.25, 0.3) is 0 Å². The maximum atomic E-state index is 13.4. The van der Waals surface area contributed by atoms with E-state index in [9.17, 15) is 18.0 Å². The van der Waals surface area contributed by atoms with Crippen molar-refractivity contribution >= 4 is 21.7 Å². The van der Waals surface area contributed by atoms with E-state index in [0.717, 1.165) is 83.1 Å². The van der Waals surface area contributed by atoms with Gasteiger partial charge in [0.05, 0.1) is 11.0 Å². The molecule has 6 nitrogen and oxygen atoms in total. The van der Waals surface area contributed by atoms with Gasteiger partial charge in [-0.25, -0.2) is 8.42 Å². The van der Waals surface area contributed by atoms with Crippen LogP contribution in [0.1, 0.15) is 109 Å². The third-order valence-electron chi connectivity index (χ3n) is 9.91. The minimum Gasteiger partial charge on any atom is -0.353 e. The summed E-state index contributed by atoms with van der Waals surface area (Å²) in [6, 6.07) is 0.673. The van der Waals surface area contributed by atoms with Gasteiger partial charge in [0.2, 0.25) is 11.8 Å². The van der Waals surface area contributed by atoms with Gasteiger partial charge in [0.1, 0.15) is 0 Å². The van der Waals surface area contributed by atoms with Crippen molar-refractivity contribution in [3.05, 3.63) is 0 Å². The second-order valence-corrected chi connectivity index (χ2v) is 14.8. The number of amides is 2. The summed E-state index contributed by atoms with van der Waals surface area (Å²) in [5.41, 5.74) is 0. The van der Waals surface area contributed by atoms with Crippen LogP contribution in [0.15, 0.2) is 0 Å². The van der Waals surface area contributed by atoms with Crippen LogP contribution in [0.4, 0.5) is 0 Å². The zero-order valence-corrected chi connectivity index (χ0v) is 22.3. The van der Waals surface area contributed by atoms with Gasteiger partial charge in [-0.05, 0) is 108 Å². The number of rotatable bonds is 7. The van der Waals surface area contributed by atoms with Gasteiger partial charge in [-0.3, -0.25) is 9.59 Å². The Labute approximate surface area is 212 Å². The number of piperidine rings is 1. The Morgan fingerprint density at radius 2 is 1.40 bits per heavy atom. The number of hydrogen-bond donors (Lipinski definition) is 1. The Balaban J connectivity index is 1.02. The average Bonchev–Trinajstić information content (AvgIpc) is 3.67. The molecule has 1 aliphatic heterocycles. The van der Waals surface area contributed by atoms with E-state index in [0.29, 0.717) is 36.0 Å². The Morgan fingerprint density at radius 3 is 2.11 bits per heavy atom. The van der Waals surface area contributed by atoms with Gasteiger partial charge in [-0.1, -0.05) is 12.8 Å². The lowest BCUT2D eigenvalue weighted by atomic mass is 9.77. The number of hydrogen-bond acceptors (Lipinski definition) is 4. The highest BCUT2D eigenvalue weighted by Crippen LogP contribution is 2.38. The van der Waals surface area contributed by atoms with E-state index >= 15 is 0 Å². The van der Waals surface area contributed by atoms with Gasteiger partial charge in [-0.2, -0.15) is 0 Å². The van der Waals surface area contributed by atoms with Crippen LogP contribution in [0.3, 0.4) is 0 Å². The molecule has 2 unspecified atom stereocenters. The van der Waals surface area contributed by atoms with Crippen molar-refractivity contribution in [1.82, 2.24) is 10.2 Å². The van der Waals surface area contributed by atoms with Crippen molar-refractivity contribution in [2.45, 2.75) is 126 Å². The second kappa shape index (κ2) is 11.1. The van der Waals surface area contributed by atoms with Crippen LogP contribution >= 0.6 is 0 Å². The quantitative estimate of drug-likeness (QED) is 0.546. The molecule has 198 valence electrons. The Morgan fingerprint density at radius 1 is 0.743 bits per heavy atom. The zero-order valence-electron chi connectivity index (χ0n) is 21.5. The van der Waals surface area contributed by atoms with E-state index in [-0.39, 0.29) is 23.1 Å². The number of likely N-dealkylation sites (tertiary alicyclic amines) is 1. The molecule has 0 bridgehead atoms. The summed E-state index contributed by atoms with van der Waals surface area (Å²) in [6.45, 7) is 0.945. The van der Waals surface area contributed by atoms with E-state index in [1.807, 2.05) is 0 Å². The number of nitrogens with zero attached hydrogens (tertiary/aromatic N) is 1. The normalized spacial score (nSPS) is 36.3. The van der Waals surface area contributed by atoms with Crippen molar-refractivity contribution in [2.24, 2.45) is 23.7 Å². The number of nitrogens with one attached hydrogen (secondary N) is 1. The maximum Gasteiger partial charge on any atom is 0.225 e. The average molecular weight is 507 g/mol. The first-order chi connectivity index (χ1) is 16.9. The Hall–Kier alpha value is -1.11. The molecule has 5 rings (SSSR count). The molecule has 1 heterocycles. The summed E-state index contributed by atoms with van der Waals surface area (Å²) < 4.78 is 25.1. The van der Waals surface area contributed by atoms with Crippen LogP contribution in [-0.2, 0) is 19.4 Å². The van der Waals surface area contributed by atoms with Crippen molar-refractivity contribution < 1.29 is 18.0 Å². The number of sulfone groups is 1. The molecule has 2 amide bonds. The molecular weight excluding hydrogens is 460 g/mol. The fourth-order valence-corrected chi connectivity index (χ4v) is 9.86. The molecule has 5 fully saturated rings. The summed E-state index contributed by atoms with van der Waals surface area (Å²) in [6.07, 6.45) is 16.9. The smallest absolute Gasteiger partial charge is 0.225 e. The van der Waals surface area contributed by atoms with E-state index in [1.54, 1.807) is 0 Å². The zero-order chi connectivity index (χ0) is 24.4. The van der Waals surface area contributed by atoms with Crippen molar-refractivity contribution in [3.8, 4) is 0 Å². The van der Waals surface area contributed by atoms with Crippen molar-refractivity contribution in [1.29, 1.82) is 0 Å². The highest BCUT2D eigenvalue weighted by atomic mass is 32.2. The lowest BCUT2D eigenvalue weighted by Crippen LogP contribution is -2.52. The van der Waals surface area contributed by atoms with Gasteiger partial charge in [0, 0.05) is 31.0 Å². The van der Waals surface area contributed by atoms with Gasteiger partial charge in [0.15, 0.2) is 9.84 Å². The topological polar surface area (TPSA) is 83.5 Å². The standard InChI is InChI=1S/C28H46N2O4S/c31-27(18-20-9-15-25(16-10-20)35(33,34)19-21-7-8-21)29-24-13-11-23(12-14-24)28(32)30-17-3-5-22-4-1-2-6-26(22)30/h20-26H,1-19H2,(H,29,31). The number of carbonyl (C=O) groups excluding carboxylic acids is 2. The van der Waals surface area contributed by atoms with Crippen molar-refractivity contribution in [3.63, 3.8) is 0 Å². The van der Waals surface area contributed by atoms with E-state index < -0.39 is 9.84 Å². The van der Waals surface area contributed by atoms with E-state index in [4.69, 9.17) is 0 Å². The minimum absolute atomic E-state index is 0.116. The predicted molar refractivity (Wildman–Crippen MR) is 137 cm³/mol. The molecule has 0 radical (unpaired) electrons. The van der Waals surface area contributed by atoms with Gasteiger partial charge >= 0.3 is 0 Å². The lowest BCUT2D eigenvalue weighted by molar-refractivity contribution is -0.143. The number of fused-ring (bicyclic) bond motifs is 1. The molecule has 4 aliphatic carbocycles. The fourth-order valence-electron chi connectivity index (χ4n) is 7.61. The summed E-state index contributed by atoms with van der Waals surface area (Å²) in [5, 5.41) is 3.06. The molecule has 35 heavy (non-hydrogen) atoms. The molecule has 5 aliphatic rings. The Bertz CT molecular complexity index is 852. The maximum absolute atomic E-state index is 13.4. The van der Waals surface area contributed by atoms with Crippen LogP contribution in [-0.4, -0.2) is 54.8 Å². The summed E-state index contributed by atoms with van der Waals surface area (Å²) in [7, 11) is -2.95. The lowest BCUT2D eigenvalue weighted by Gasteiger charge is -2.46. The van der Waals surface area contributed by atoms with Crippen LogP contribution in [0, 0.1) is 23.7 Å². The highest BCUT2D eigenvalue weighted by Gasteiger charge is 2.39. The van der Waals surface area contributed by atoms with Crippen molar-refractivity contribution in [2.75, 3.05) is 12.3 Å². The van der Waals surface area contributed by atoms with E-state index in [1.165, 1.54) is 32.1 Å². The third kappa shape index (κ3) is 6.42. The van der Waals surface area contributed by atoms with Gasteiger partial charge < -0.3 is 10.2 Å². The highest BCUT2D eigenvalue weighted by molar-refractivity contribution is 7.92. The molecule has 0 aromatic heterocycles. The fraction of sp³-hybridized carbons (Fsp3) is 0.929. The molecule has 0 spiro atoms. The van der Waals surface area contributed by atoms with Crippen LogP contribution in [0.25, 0.3) is 0 Å². The molecule has 1 N–H and O–H groups in total. The summed E-state index contributed by atoms with van der Waals surface area (Å²) in [4.78, 5) is 28.3. The SMILES string of the molecule is O=C(CC1CCC(S(=O)(=O)CC2CC2)CC1)NC1CCC(C(=O)N2CCCC3CCCCC32)CC1. The summed E-state index contributed by atoms with van der Waals surface area (Å²) >= 11 is 0. The monoisotopic (exact) mass is 506 g/mol. The summed E-state index contributed by atoms with van der Waals surface area (Å²) in [5.74, 6) is 2.47. The van der Waals surface area contributed by atoms with Crippen LogP contribution < -0.4 is 5.32 Å². The van der Waals surface area contributed by atoms with Gasteiger partial charge in [-0.15, -0.1) is 0 Å². The van der Waals surface area contributed by atoms with Crippen LogP contribution in [0.2, 0.25) is 0 Å². The third-order valence-corrected chi connectivity index (χ3v) is 12.3. The predicted octanol–water partition coefficient (Wildman–Crippen LogP) is 4.62. The molecule has 7 heteroatoms. The Kier molecular flexibility index (Phi) is 8.10. The number of carbonyl (C=O) groups is 2. The first-order valence-corrected chi connectivity index (χ1v) is 16.4. The molecular formula is C28H46N2O4S. The first kappa shape index (κ1) is 25.5. The minimum atomic E-state index is -2.95. The first-order valence-electron chi connectivity index (χ1n) is 14.7. The molecule has 2 atom stereocenters. The molecule has 4 saturated carbocycles. The largest absolute Gasteiger partial charge is 0.353 e.